The number of aryl methyl sites for hydroxylation is 1. The number of fused-ring (bicyclic) bond motifs is 2. The van der Waals surface area contributed by atoms with Crippen molar-refractivity contribution in [1.29, 1.82) is 0 Å². The van der Waals surface area contributed by atoms with Crippen LogP contribution in [0.5, 0.6) is 0 Å². The maximum Gasteiger partial charge on any atom is 0.259 e. The third kappa shape index (κ3) is 4.39. The molecule has 1 amide bonds. The number of nitrogens with one attached hydrogen (secondary N) is 1. The molecule has 0 aliphatic heterocycles. The molecule has 0 saturated heterocycles. The van der Waals surface area contributed by atoms with Crippen LogP contribution in [0.3, 0.4) is 0 Å². The molecule has 40 heavy (non-hydrogen) atoms. The van der Waals surface area contributed by atoms with Gasteiger partial charge in [-0.05, 0) is 48.7 Å². The van der Waals surface area contributed by atoms with Gasteiger partial charge in [0.2, 0.25) is 0 Å². The third-order valence-electron chi connectivity index (χ3n) is 6.93. The fourth-order valence-corrected chi connectivity index (χ4v) is 4.67. The van der Waals surface area contributed by atoms with Crippen molar-refractivity contribution < 1.29 is 4.79 Å². The highest BCUT2D eigenvalue weighted by Gasteiger charge is 2.23. The molecule has 10 heteroatoms. The summed E-state index contributed by atoms with van der Waals surface area (Å²) < 4.78 is 3.28. The molecule has 0 unspecified atom stereocenters. The van der Waals surface area contributed by atoms with Gasteiger partial charge in [0.15, 0.2) is 11.5 Å². The quantitative estimate of drug-likeness (QED) is 0.333. The predicted molar refractivity (Wildman–Crippen MR) is 152 cm³/mol. The molecular weight excluding hydrogens is 502 g/mol. The fraction of sp³-hybridized carbons (Fsp3) is 0.133. The molecule has 0 saturated carbocycles. The Morgan fingerprint density at radius 2 is 1.88 bits per heavy atom. The topological polar surface area (TPSA) is 129 Å². The molecule has 6 aromatic rings. The van der Waals surface area contributed by atoms with Gasteiger partial charge < -0.3 is 11.1 Å². The van der Waals surface area contributed by atoms with Crippen LogP contribution < -0.4 is 11.1 Å². The van der Waals surface area contributed by atoms with Crippen molar-refractivity contribution in [2.75, 3.05) is 5.73 Å². The molecule has 4 aromatic heterocycles. The summed E-state index contributed by atoms with van der Waals surface area (Å²) >= 11 is 0. The first-order valence-corrected chi connectivity index (χ1v) is 12.7. The Kier molecular flexibility index (Phi) is 6.16. The largest absolute Gasteiger partial charge is 0.381 e. The maximum absolute atomic E-state index is 13.4. The second-order valence-electron chi connectivity index (χ2n) is 9.44. The molecule has 2 aromatic carbocycles. The number of amides is 1. The molecule has 3 N–H and O–H groups in total. The van der Waals surface area contributed by atoms with Gasteiger partial charge in [-0.3, -0.25) is 9.48 Å². The van der Waals surface area contributed by atoms with Crippen LogP contribution in [0.4, 0.5) is 5.82 Å². The number of nitrogens with zero attached hydrogens (tertiary/aromatic N) is 7. The Morgan fingerprint density at radius 3 is 2.65 bits per heavy atom. The number of carbonyl (C=O) groups is 1. The first kappa shape index (κ1) is 24.8. The van der Waals surface area contributed by atoms with Gasteiger partial charge in [-0.1, -0.05) is 42.2 Å². The molecule has 0 aliphatic rings. The van der Waals surface area contributed by atoms with E-state index in [1.807, 2.05) is 57.3 Å². The lowest BCUT2D eigenvalue weighted by atomic mass is 9.92. The summed E-state index contributed by atoms with van der Waals surface area (Å²) in [7, 11) is 1.89. The van der Waals surface area contributed by atoms with E-state index in [1.165, 1.54) is 4.52 Å². The molecule has 0 fully saturated rings. The van der Waals surface area contributed by atoms with Gasteiger partial charge in [-0.15, -0.1) is 5.10 Å². The minimum Gasteiger partial charge on any atom is -0.381 e. The Bertz CT molecular complexity index is 1960. The van der Waals surface area contributed by atoms with Crippen LogP contribution in [0, 0.1) is 18.8 Å². The van der Waals surface area contributed by atoms with Crippen LogP contribution in [-0.4, -0.2) is 40.5 Å². The first-order valence-electron chi connectivity index (χ1n) is 12.7. The molecule has 10 nitrogen and oxygen atoms in total. The van der Waals surface area contributed by atoms with E-state index in [9.17, 15) is 4.79 Å². The summed E-state index contributed by atoms with van der Waals surface area (Å²) in [6.07, 6.45) is 6.72. The molecular formula is C30H25N9O. The molecule has 0 radical (unpaired) electrons. The SMILES string of the molecule is Cc1c(C#Cc2cnnc3cc([C@H](C)NC(=O)c4c(N)nn5cccnc45)c(-c4ccccc4)cc23)cnn1C. The lowest BCUT2D eigenvalue weighted by molar-refractivity contribution is 0.0942. The highest BCUT2D eigenvalue weighted by molar-refractivity contribution is 6.04. The van der Waals surface area contributed by atoms with Gasteiger partial charge in [-0.25, -0.2) is 9.50 Å². The number of hydrogen-bond acceptors (Lipinski definition) is 7. The zero-order chi connectivity index (χ0) is 27.8. The normalized spacial score (nSPS) is 11.8. The van der Waals surface area contributed by atoms with Crippen LogP contribution in [0.1, 0.15) is 45.7 Å². The van der Waals surface area contributed by atoms with Crippen molar-refractivity contribution in [2.24, 2.45) is 7.05 Å². The summed E-state index contributed by atoms with van der Waals surface area (Å²) in [5.41, 5.74) is 12.8. The van der Waals surface area contributed by atoms with Gasteiger partial charge in [0, 0.05) is 24.8 Å². The summed E-state index contributed by atoms with van der Waals surface area (Å²) in [5, 5.41) is 21.0. The van der Waals surface area contributed by atoms with Crippen molar-refractivity contribution in [2.45, 2.75) is 19.9 Å². The minimum absolute atomic E-state index is 0.114. The molecule has 0 bridgehead atoms. The van der Waals surface area contributed by atoms with Crippen molar-refractivity contribution in [3.63, 3.8) is 0 Å². The van der Waals surface area contributed by atoms with Crippen LogP contribution in [0.15, 0.2) is 73.3 Å². The smallest absolute Gasteiger partial charge is 0.259 e. The van der Waals surface area contributed by atoms with Gasteiger partial charge in [0.25, 0.3) is 5.91 Å². The number of anilines is 1. The van der Waals surface area contributed by atoms with Crippen LogP contribution in [-0.2, 0) is 7.05 Å². The van der Waals surface area contributed by atoms with E-state index < -0.39 is 6.04 Å². The summed E-state index contributed by atoms with van der Waals surface area (Å²) in [6, 6.07) is 15.3. The van der Waals surface area contributed by atoms with Crippen LogP contribution in [0.2, 0.25) is 0 Å². The van der Waals surface area contributed by atoms with E-state index in [0.717, 1.165) is 38.9 Å². The van der Waals surface area contributed by atoms with Crippen LogP contribution >= 0.6 is 0 Å². The summed E-state index contributed by atoms with van der Waals surface area (Å²) in [4.78, 5) is 17.7. The number of nitrogen functional groups attached to an aromatic ring is 1. The van der Waals surface area contributed by atoms with Gasteiger partial charge in [0.05, 0.1) is 40.8 Å². The van der Waals surface area contributed by atoms with E-state index in [0.29, 0.717) is 11.2 Å². The monoisotopic (exact) mass is 527 g/mol. The lowest BCUT2D eigenvalue weighted by Crippen LogP contribution is -2.27. The van der Waals surface area contributed by atoms with Crippen molar-refractivity contribution in [1.82, 2.24) is 39.9 Å². The number of rotatable bonds is 4. The minimum atomic E-state index is -0.403. The predicted octanol–water partition coefficient (Wildman–Crippen LogP) is 3.85. The third-order valence-corrected chi connectivity index (χ3v) is 6.93. The van der Waals surface area contributed by atoms with Crippen molar-refractivity contribution >= 4 is 28.3 Å². The lowest BCUT2D eigenvalue weighted by Gasteiger charge is -2.19. The molecule has 0 spiro atoms. The van der Waals surface area contributed by atoms with Crippen molar-refractivity contribution in [3.05, 3.63) is 101 Å². The van der Waals surface area contributed by atoms with E-state index in [-0.39, 0.29) is 17.3 Å². The highest BCUT2D eigenvalue weighted by atomic mass is 16.1. The van der Waals surface area contributed by atoms with Gasteiger partial charge in [-0.2, -0.15) is 15.3 Å². The number of benzene rings is 2. The average Bonchev–Trinajstić information content (AvgIpc) is 3.48. The Morgan fingerprint density at radius 1 is 1.07 bits per heavy atom. The molecule has 4 heterocycles. The van der Waals surface area contributed by atoms with Crippen LogP contribution in [0.25, 0.3) is 27.7 Å². The Hall–Kier alpha value is -5.56. The van der Waals surface area contributed by atoms with E-state index >= 15 is 0 Å². The highest BCUT2D eigenvalue weighted by Crippen LogP contribution is 2.33. The van der Waals surface area contributed by atoms with Gasteiger partial charge >= 0.3 is 0 Å². The van der Waals surface area contributed by atoms with E-state index in [2.05, 4.69) is 48.6 Å². The number of hydrogen-bond donors (Lipinski definition) is 2. The molecule has 196 valence electrons. The van der Waals surface area contributed by atoms with E-state index in [4.69, 9.17) is 5.73 Å². The number of aromatic nitrogens is 7. The van der Waals surface area contributed by atoms with Gasteiger partial charge in [0.1, 0.15) is 5.56 Å². The molecule has 6 rings (SSSR count). The fourth-order valence-electron chi connectivity index (χ4n) is 4.67. The number of carbonyl (C=O) groups excluding carboxylic acids is 1. The zero-order valence-corrected chi connectivity index (χ0v) is 22.1. The molecule has 1 atom stereocenters. The maximum atomic E-state index is 13.4. The first-order chi connectivity index (χ1) is 19.4. The summed E-state index contributed by atoms with van der Waals surface area (Å²) in [6.45, 7) is 3.90. The average molecular weight is 528 g/mol. The van der Waals surface area contributed by atoms with Crippen molar-refractivity contribution in [3.8, 4) is 23.0 Å². The zero-order valence-electron chi connectivity index (χ0n) is 22.1. The van der Waals surface area contributed by atoms with E-state index in [1.54, 1.807) is 35.5 Å². The number of nitrogens with two attached hydrogens (primary N) is 1. The Balaban J connectivity index is 1.43. The molecule has 0 aliphatic carbocycles. The second-order valence-corrected chi connectivity index (χ2v) is 9.44. The summed E-state index contributed by atoms with van der Waals surface area (Å²) in [5.74, 6) is 6.22. The standard InChI is InChI=1S/C30H25N9O/c1-18(35-30(40)27-28(31)37-39-13-7-12-32-29(27)39)23-15-26-25(14-24(23)20-8-5-4-6-9-20)22(16-33-36-26)11-10-21-17-34-38(3)19(21)2/h4-9,12-18H,1-3H3,(H2,31,37)(H,35,40)/t18-/m0/s1. The Labute approximate surface area is 229 Å². The second kappa shape index (κ2) is 9.96.